The summed E-state index contributed by atoms with van der Waals surface area (Å²) in [7, 11) is 0. The van der Waals surface area contributed by atoms with Crippen molar-refractivity contribution in [2.75, 3.05) is 0 Å². The Bertz CT molecular complexity index is 598. The molecule has 1 aliphatic rings. The lowest BCUT2D eigenvalue weighted by atomic mass is 10.1. The molecule has 0 spiro atoms. The van der Waals surface area contributed by atoms with Crippen molar-refractivity contribution in [3.63, 3.8) is 0 Å². The predicted molar refractivity (Wildman–Crippen MR) is 74.1 cm³/mol. The van der Waals surface area contributed by atoms with Crippen molar-refractivity contribution in [2.24, 2.45) is 0 Å². The molecule has 7 heteroatoms. The third-order valence-corrected chi connectivity index (χ3v) is 3.74. The van der Waals surface area contributed by atoms with E-state index >= 15 is 0 Å². The van der Waals surface area contributed by atoms with Crippen molar-refractivity contribution in [3.8, 4) is 6.07 Å². The highest BCUT2D eigenvalue weighted by atomic mass is 35.5. The van der Waals surface area contributed by atoms with Gasteiger partial charge >= 0.3 is 0 Å². The predicted octanol–water partition coefficient (Wildman–Crippen LogP) is 1.95. The molecule has 0 bridgehead atoms. The molecule has 1 aromatic carbocycles. The molecule has 20 heavy (non-hydrogen) atoms. The number of benzene rings is 1. The van der Waals surface area contributed by atoms with E-state index in [0.717, 1.165) is 0 Å². The normalized spacial score (nSPS) is 19.1. The first-order valence-corrected chi connectivity index (χ1v) is 6.71. The summed E-state index contributed by atoms with van der Waals surface area (Å²) in [5.74, 6) is -0.540. The van der Waals surface area contributed by atoms with Crippen molar-refractivity contribution >= 4 is 35.0 Å². The van der Waals surface area contributed by atoms with Gasteiger partial charge in [-0.25, -0.2) is 0 Å². The second-order valence-corrected chi connectivity index (χ2v) is 5.22. The van der Waals surface area contributed by atoms with Crippen LogP contribution in [0, 0.1) is 11.3 Å². The molecule has 2 N–H and O–H groups in total. The van der Waals surface area contributed by atoms with Gasteiger partial charge in [0.25, 0.3) is 0 Å². The van der Waals surface area contributed by atoms with Crippen LogP contribution >= 0.6 is 23.2 Å². The molecule has 2 amide bonds. The van der Waals surface area contributed by atoms with E-state index in [9.17, 15) is 9.59 Å². The summed E-state index contributed by atoms with van der Waals surface area (Å²) in [4.78, 5) is 23.0. The van der Waals surface area contributed by atoms with Gasteiger partial charge in [-0.3, -0.25) is 9.59 Å². The number of halogens is 2. The Labute approximate surface area is 125 Å². The zero-order chi connectivity index (χ0) is 14.7. The van der Waals surface area contributed by atoms with Crippen LogP contribution < -0.4 is 10.6 Å². The highest BCUT2D eigenvalue weighted by Crippen LogP contribution is 2.25. The Morgan fingerprint density at radius 1 is 1.45 bits per heavy atom. The van der Waals surface area contributed by atoms with Crippen LogP contribution in [-0.4, -0.2) is 17.9 Å². The number of carbonyl (C=O) groups is 2. The Balaban J connectivity index is 2.09. The average Bonchev–Trinajstić information content (AvgIpc) is 2.86. The zero-order valence-corrected chi connectivity index (χ0v) is 11.8. The fourth-order valence-electron chi connectivity index (χ4n) is 1.94. The number of nitriles is 1. The first kappa shape index (κ1) is 14.6. The molecular formula is C13H11Cl2N3O2. The number of rotatable bonds is 3. The van der Waals surface area contributed by atoms with E-state index in [0.29, 0.717) is 28.5 Å². The van der Waals surface area contributed by atoms with Gasteiger partial charge in [0, 0.05) is 6.42 Å². The number of hydrogen-bond acceptors (Lipinski definition) is 3. The largest absolute Gasteiger partial charge is 0.344 e. The van der Waals surface area contributed by atoms with Crippen molar-refractivity contribution < 1.29 is 9.59 Å². The number of amides is 2. The van der Waals surface area contributed by atoms with Crippen molar-refractivity contribution in [3.05, 3.63) is 33.8 Å². The smallest absolute Gasteiger partial charge is 0.243 e. The topological polar surface area (TPSA) is 82.0 Å². The standard InChI is InChI=1S/C13H11Cl2N3O2/c14-8-2-1-7(5-9(8)15)11(6-16)18-13(20)10-3-4-12(19)17-10/h1-2,5,10-11H,3-4H2,(H,17,19)(H,18,20)/t10-,11-/m1/s1. The third kappa shape index (κ3) is 3.21. The molecule has 0 radical (unpaired) electrons. The monoisotopic (exact) mass is 311 g/mol. The Morgan fingerprint density at radius 2 is 2.20 bits per heavy atom. The van der Waals surface area contributed by atoms with E-state index in [1.54, 1.807) is 12.1 Å². The maximum absolute atomic E-state index is 11.9. The van der Waals surface area contributed by atoms with Gasteiger partial charge in [-0.1, -0.05) is 29.3 Å². The molecule has 104 valence electrons. The summed E-state index contributed by atoms with van der Waals surface area (Å²) in [5.41, 5.74) is 0.541. The first-order chi connectivity index (χ1) is 9.51. The molecule has 2 rings (SSSR count). The number of nitrogens with zero attached hydrogens (tertiary/aromatic N) is 1. The fraction of sp³-hybridized carbons (Fsp3) is 0.308. The molecule has 1 fully saturated rings. The van der Waals surface area contributed by atoms with Gasteiger partial charge in [0.1, 0.15) is 12.1 Å². The molecular weight excluding hydrogens is 301 g/mol. The highest BCUT2D eigenvalue weighted by molar-refractivity contribution is 6.42. The summed E-state index contributed by atoms with van der Waals surface area (Å²) < 4.78 is 0. The lowest BCUT2D eigenvalue weighted by Crippen LogP contribution is -2.42. The van der Waals surface area contributed by atoms with Crippen LogP contribution in [0.1, 0.15) is 24.4 Å². The molecule has 1 aliphatic heterocycles. The molecule has 5 nitrogen and oxygen atoms in total. The zero-order valence-electron chi connectivity index (χ0n) is 10.3. The van der Waals surface area contributed by atoms with E-state index in [4.69, 9.17) is 28.5 Å². The summed E-state index contributed by atoms with van der Waals surface area (Å²) in [6, 6.07) is 5.28. The second kappa shape index (κ2) is 6.12. The molecule has 2 atom stereocenters. The van der Waals surface area contributed by atoms with Crippen molar-refractivity contribution in [1.82, 2.24) is 10.6 Å². The quantitative estimate of drug-likeness (QED) is 0.895. The minimum Gasteiger partial charge on any atom is -0.344 e. The van der Waals surface area contributed by atoms with Crippen LogP contribution in [0.25, 0.3) is 0 Å². The van der Waals surface area contributed by atoms with E-state index in [-0.39, 0.29) is 11.8 Å². The van der Waals surface area contributed by atoms with Crippen LogP contribution in [0.15, 0.2) is 18.2 Å². The minimum atomic E-state index is -0.838. The van der Waals surface area contributed by atoms with Gasteiger partial charge in [-0.05, 0) is 24.1 Å². The van der Waals surface area contributed by atoms with Gasteiger partial charge in [-0.15, -0.1) is 0 Å². The van der Waals surface area contributed by atoms with E-state index in [1.807, 2.05) is 6.07 Å². The maximum atomic E-state index is 11.9. The van der Waals surface area contributed by atoms with Gasteiger partial charge in [-0.2, -0.15) is 5.26 Å². The SMILES string of the molecule is N#C[C@@H](NC(=O)[C@H]1CCC(=O)N1)c1ccc(Cl)c(Cl)c1. The molecule has 0 unspecified atom stereocenters. The summed E-state index contributed by atoms with van der Waals surface area (Å²) in [5, 5.41) is 15.0. The fourth-order valence-corrected chi connectivity index (χ4v) is 2.24. The lowest BCUT2D eigenvalue weighted by Gasteiger charge is -2.16. The molecule has 0 aromatic heterocycles. The van der Waals surface area contributed by atoms with Crippen LogP contribution in [0.2, 0.25) is 10.0 Å². The summed E-state index contributed by atoms with van der Waals surface area (Å²) >= 11 is 11.7. The van der Waals surface area contributed by atoms with Gasteiger partial charge in [0.05, 0.1) is 16.1 Å². The van der Waals surface area contributed by atoms with E-state index < -0.39 is 12.1 Å². The van der Waals surface area contributed by atoms with Crippen LogP contribution in [0.4, 0.5) is 0 Å². The average molecular weight is 312 g/mol. The molecule has 0 saturated carbocycles. The number of carbonyl (C=O) groups excluding carboxylic acids is 2. The van der Waals surface area contributed by atoms with Gasteiger partial charge in [0.2, 0.25) is 11.8 Å². The number of nitrogens with one attached hydrogen (secondary N) is 2. The lowest BCUT2D eigenvalue weighted by molar-refractivity contribution is -0.126. The van der Waals surface area contributed by atoms with Crippen molar-refractivity contribution in [2.45, 2.75) is 24.9 Å². The molecule has 1 heterocycles. The van der Waals surface area contributed by atoms with Crippen LogP contribution in [0.5, 0.6) is 0 Å². The van der Waals surface area contributed by atoms with E-state index in [1.165, 1.54) is 6.07 Å². The summed E-state index contributed by atoms with van der Waals surface area (Å²) in [6.45, 7) is 0. The number of hydrogen-bond donors (Lipinski definition) is 2. The van der Waals surface area contributed by atoms with Crippen molar-refractivity contribution in [1.29, 1.82) is 5.26 Å². The second-order valence-electron chi connectivity index (χ2n) is 4.40. The van der Waals surface area contributed by atoms with Gasteiger partial charge in [0.15, 0.2) is 0 Å². The highest BCUT2D eigenvalue weighted by Gasteiger charge is 2.28. The molecule has 0 aliphatic carbocycles. The first-order valence-electron chi connectivity index (χ1n) is 5.95. The van der Waals surface area contributed by atoms with Crippen LogP contribution in [-0.2, 0) is 9.59 Å². The Hall–Kier alpha value is -1.77. The van der Waals surface area contributed by atoms with E-state index in [2.05, 4.69) is 10.6 Å². The third-order valence-electron chi connectivity index (χ3n) is 3.00. The van der Waals surface area contributed by atoms with Gasteiger partial charge < -0.3 is 10.6 Å². The maximum Gasteiger partial charge on any atom is 0.243 e. The molecule has 1 aromatic rings. The molecule has 1 saturated heterocycles. The summed E-state index contributed by atoms with van der Waals surface area (Å²) in [6.07, 6.45) is 0.756. The Kier molecular flexibility index (Phi) is 4.48. The van der Waals surface area contributed by atoms with Crippen LogP contribution in [0.3, 0.4) is 0 Å². The minimum absolute atomic E-state index is 0.159. The Morgan fingerprint density at radius 3 is 2.75 bits per heavy atom.